The molecule has 4 N–H and O–H groups in total. The summed E-state index contributed by atoms with van der Waals surface area (Å²) < 4.78 is 13.7. The van der Waals surface area contributed by atoms with Gasteiger partial charge in [0.15, 0.2) is 0 Å². The van der Waals surface area contributed by atoms with Crippen LogP contribution < -0.4 is 10.6 Å². The standard InChI is InChI=1S/C23H24FN5O5/c1-11-18(7-16-15-6-13(24)4-5-17(15)27-21(16)32)26-12(2)20(11)22(33)25-8-14(30)9-29-19(31)10-28(3)23(29)34/h4-7,14,26,30H,8-10H2,1-3H3,(H,25,33)(H,27,32)/b16-7-/t14-/m1/s1. The number of rotatable bonds is 6. The SMILES string of the molecule is Cc1[nH]c(/C=C2\C(=O)Nc3ccc(F)cc32)c(C)c1C(=O)NC[C@@H](O)CN1C(=O)CN(C)C1=O. The van der Waals surface area contributed by atoms with Crippen molar-refractivity contribution < 1.29 is 28.7 Å². The second-order valence-electron chi connectivity index (χ2n) is 8.37. The molecule has 0 saturated carbocycles. The van der Waals surface area contributed by atoms with Crippen LogP contribution in [0.1, 0.15) is 32.9 Å². The highest BCUT2D eigenvalue weighted by Crippen LogP contribution is 2.34. The van der Waals surface area contributed by atoms with Crippen molar-refractivity contribution in [3.63, 3.8) is 0 Å². The van der Waals surface area contributed by atoms with Gasteiger partial charge in [0.25, 0.3) is 11.8 Å². The van der Waals surface area contributed by atoms with Crippen LogP contribution in [0.4, 0.5) is 14.9 Å². The third kappa shape index (κ3) is 4.17. The molecule has 0 bridgehead atoms. The fourth-order valence-corrected chi connectivity index (χ4v) is 4.13. The number of halogens is 1. The molecule has 178 valence electrons. The molecule has 2 aromatic rings. The van der Waals surface area contributed by atoms with E-state index in [0.29, 0.717) is 33.8 Å². The second-order valence-corrected chi connectivity index (χ2v) is 8.37. The first-order chi connectivity index (χ1) is 16.1. The number of anilines is 1. The van der Waals surface area contributed by atoms with E-state index in [1.165, 1.54) is 30.1 Å². The number of carbonyl (C=O) groups is 4. The van der Waals surface area contributed by atoms with Crippen molar-refractivity contribution in [3.05, 3.63) is 52.1 Å². The number of aliphatic hydroxyl groups is 1. The van der Waals surface area contributed by atoms with Gasteiger partial charge in [0.1, 0.15) is 12.4 Å². The number of aromatic nitrogens is 1. The maximum absolute atomic E-state index is 13.7. The van der Waals surface area contributed by atoms with Gasteiger partial charge in [-0.05, 0) is 43.7 Å². The summed E-state index contributed by atoms with van der Waals surface area (Å²) in [6.07, 6.45) is 0.424. The number of fused-ring (bicyclic) bond motifs is 1. The van der Waals surface area contributed by atoms with Gasteiger partial charge >= 0.3 is 6.03 Å². The van der Waals surface area contributed by atoms with Crippen molar-refractivity contribution >= 4 is 41.1 Å². The summed E-state index contributed by atoms with van der Waals surface area (Å²) in [6.45, 7) is 2.95. The molecule has 0 spiro atoms. The lowest BCUT2D eigenvalue weighted by atomic mass is 10.0. The Morgan fingerprint density at radius 3 is 2.71 bits per heavy atom. The molecule has 1 atom stereocenters. The van der Waals surface area contributed by atoms with Crippen LogP contribution in [0, 0.1) is 19.7 Å². The van der Waals surface area contributed by atoms with Gasteiger partial charge in [-0.1, -0.05) is 0 Å². The molecule has 2 aliphatic heterocycles. The normalized spacial score (nSPS) is 17.4. The van der Waals surface area contributed by atoms with Crippen LogP contribution in [0.2, 0.25) is 0 Å². The number of carbonyl (C=O) groups excluding carboxylic acids is 4. The minimum atomic E-state index is -1.14. The number of hydrogen-bond donors (Lipinski definition) is 4. The van der Waals surface area contributed by atoms with Crippen LogP contribution in [0.25, 0.3) is 11.6 Å². The smallest absolute Gasteiger partial charge is 0.327 e. The molecule has 11 heteroatoms. The first kappa shape index (κ1) is 23.2. The first-order valence-electron chi connectivity index (χ1n) is 10.6. The number of aryl methyl sites for hydroxylation is 1. The van der Waals surface area contributed by atoms with E-state index >= 15 is 0 Å². The Labute approximate surface area is 194 Å². The number of aromatic amines is 1. The topological polar surface area (TPSA) is 135 Å². The fourth-order valence-electron chi connectivity index (χ4n) is 4.13. The van der Waals surface area contributed by atoms with E-state index < -0.39 is 29.8 Å². The largest absolute Gasteiger partial charge is 0.389 e. The number of likely N-dealkylation sites (N-methyl/N-ethyl adjacent to an activating group) is 1. The molecule has 10 nitrogen and oxygen atoms in total. The van der Waals surface area contributed by atoms with E-state index in [1.807, 2.05) is 0 Å². The third-order valence-corrected chi connectivity index (χ3v) is 5.88. The number of β-amino-alcohol motifs (C(OH)–C–C–N with tert-alkyl or cyclic N) is 1. The summed E-state index contributed by atoms with van der Waals surface area (Å²) in [4.78, 5) is 54.3. The molecule has 5 amide bonds. The van der Waals surface area contributed by atoms with Gasteiger partial charge in [-0.25, -0.2) is 9.18 Å². The first-order valence-corrected chi connectivity index (χ1v) is 10.6. The summed E-state index contributed by atoms with van der Waals surface area (Å²) in [5, 5.41) is 15.5. The van der Waals surface area contributed by atoms with E-state index in [9.17, 15) is 28.7 Å². The van der Waals surface area contributed by atoms with Crippen LogP contribution in [-0.2, 0) is 9.59 Å². The molecular weight excluding hydrogens is 445 g/mol. The van der Waals surface area contributed by atoms with Gasteiger partial charge in [0.2, 0.25) is 5.91 Å². The molecule has 34 heavy (non-hydrogen) atoms. The Morgan fingerprint density at radius 1 is 1.29 bits per heavy atom. The zero-order chi connectivity index (χ0) is 24.7. The average Bonchev–Trinajstić information content (AvgIpc) is 3.32. The number of aliphatic hydroxyl groups excluding tert-OH is 1. The predicted molar refractivity (Wildman–Crippen MR) is 121 cm³/mol. The van der Waals surface area contributed by atoms with Crippen molar-refractivity contribution in [2.24, 2.45) is 0 Å². The quantitative estimate of drug-likeness (QED) is 0.373. The number of nitrogens with zero attached hydrogens (tertiary/aromatic N) is 2. The molecule has 0 radical (unpaired) electrons. The minimum absolute atomic E-state index is 0.0485. The molecule has 0 aliphatic carbocycles. The lowest BCUT2D eigenvalue weighted by molar-refractivity contribution is -0.126. The Morgan fingerprint density at radius 2 is 2.03 bits per heavy atom. The molecule has 1 aromatic carbocycles. The number of H-pyrrole nitrogens is 1. The van der Waals surface area contributed by atoms with Gasteiger partial charge in [0.05, 0.1) is 23.8 Å². The summed E-state index contributed by atoms with van der Waals surface area (Å²) in [7, 11) is 1.49. The number of nitrogens with one attached hydrogen (secondary N) is 3. The number of imide groups is 1. The number of urea groups is 1. The van der Waals surface area contributed by atoms with Crippen LogP contribution in [-0.4, -0.2) is 76.4 Å². The maximum Gasteiger partial charge on any atom is 0.327 e. The molecule has 1 fully saturated rings. The Hall–Kier alpha value is -3.99. The zero-order valence-electron chi connectivity index (χ0n) is 18.9. The number of amides is 5. The molecule has 1 saturated heterocycles. The lowest BCUT2D eigenvalue weighted by Gasteiger charge is -2.18. The predicted octanol–water partition coefficient (Wildman–Crippen LogP) is 1.25. The fraction of sp³-hybridized carbons (Fsp3) is 0.304. The van der Waals surface area contributed by atoms with E-state index in [0.717, 1.165) is 4.90 Å². The lowest BCUT2D eigenvalue weighted by Crippen LogP contribution is -2.43. The molecule has 4 rings (SSSR count). The van der Waals surface area contributed by atoms with Crippen LogP contribution in [0.15, 0.2) is 18.2 Å². The third-order valence-electron chi connectivity index (χ3n) is 5.88. The molecule has 0 unspecified atom stereocenters. The molecular formula is C23H24FN5O5. The Bertz CT molecular complexity index is 1250. The highest BCUT2D eigenvalue weighted by atomic mass is 19.1. The highest BCUT2D eigenvalue weighted by molar-refractivity contribution is 6.34. The summed E-state index contributed by atoms with van der Waals surface area (Å²) in [5.41, 5.74) is 3.17. The van der Waals surface area contributed by atoms with Crippen LogP contribution in [0.3, 0.4) is 0 Å². The summed E-state index contributed by atoms with van der Waals surface area (Å²) in [6, 6.07) is 3.52. The summed E-state index contributed by atoms with van der Waals surface area (Å²) in [5.74, 6) is -1.72. The van der Waals surface area contributed by atoms with Gasteiger partial charge in [-0.2, -0.15) is 0 Å². The molecule has 1 aromatic heterocycles. The van der Waals surface area contributed by atoms with E-state index in [2.05, 4.69) is 15.6 Å². The number of hydrogen-bond acceptors (Lipinski definition) is 5. The number of benzene rings is 1. The van der Waals surface area contributed by atoms with Crippen LogP contribution >= 0.6 is 0 Å². The second kappa shape index (κ2) is 8.75. The monoisotopic (exact) mass is 469 g/mol. The van der Waals surface area contributed by atoms with E-state index in [4.69, 9.17) is 0 Å². The van der Waals surface area contributed by atoms with Crippen molar-refractivity contribution in [2.45, 2.75) is 20.0 Å². The van der Waals surface area contributed by atoms with E-state index in [-0.39, 0.29) is 31.1 Å². The Kier molecular flexibility index (Phi) is 5.96. The van der Waals surface area contributed by atoms with Crippen molar-refractivity contribution in [1.82, 2.24) is 20.1 Å². The van der Waals surface area contributed by atoms with Crippen molar-refractivity contribution in [1.29, 1.82) is 0 Å². The summed E-state index contributed by atoms with van der Waals surface area (Å²) >= 11 is 0. The van der Waals surface area contributed by atoms with Gasteiger partial charge in [-0.15, -0.1) is 0 Å². The zero-order valence-corrected chi connectivity index (χ0v) is 18.9. The highest BCUT2D eigenvalue weighted by Gasteiger charge is 2.34. The molecule has 2 aliphatic rings. The van der Waals surface area contributed by atoms with Gasteiger partial charge in [0, 0.05) is 36.2 Å². The van der Waals surface area contributed by atoms with Crippen molar-refractivity contribution in [2.75, 3.05) is 32.0 Å². The van der Waals surface area contributed by atoms with Crippen molar-refractivity contribution in [3.8, 4) is 0 Å². The maximum atomic E-state index is 13.7. The van der Waals surface area contributed by atoms with Gasteiger partial charge < -0.3 is 25.6 Å². The Balaban J connectivity index is 1.48. The molecule has 3 heterocycles. The van der Waals surface area contributed by atoms with Gasteiger partial charge in [-0.3, -0.25) is 19.3 Å². The average molecular weight is 469 g/mol. The minimum Gasteiger partial charge on any atom is -0.389 e. The van der Waals surface area contributed by atoms with Crippen LogP contribution in [0.5, 0.6) is 0 Å². The van der Waals surface area contributed by atoms with E-state index in [1.54, 1.807) is 19.9 Å².